The van der Waals surface area contributed by atoms with Crippen molar-refractivity contribution in [1.29, 1.82) is 0 Å². The second-order valence-electron chi connectivity index (χ2n) is 4.72. The van der Waals surface area contributed by atoms with E-state index in [1.165, 1.54) is 0 Å². The van der Waals surface area contributed by atoms with E-state index in [4.69, 9.17) is 22.2 Å². The van der Waals surface area contributed by atoms with Crippen molar-refractivity contribution in [2.45, 2.75) is 44.9 Å². The molecule has 17 heavy (non-hydrogen) atoms. The van der Waals surface area contributed by atoms with Crippen LogP contribution < -0.4 is 11.3 Å². The zero-order valence-electron chi connectivity index (χ0n) is 10.2. The van der Waals surface area contributed by atoms with Crippen molar-refractivity contribution in [3.63, 3.8) is 0 Å². The second kappa shape index (κ2) is 5.36. The third-order valence-corrected chi connectivity index (χ3v) is 3.78. The Hall–Kier alpha value is -0.610. The van der Waals surface area contributed by atoms with Crippen molar-refractivity contribution >= 4 is 11.6 Å². The van der Waals surface area contributed by atoms with Crippen LogP contribution >= 0.6 is 11.6 Å². The minimum absolute atomic E-state index is 0.0121. The van der Waals surface area contributed by atoms with Crippen LogP contribution in [-0.2, 0) is 4.74 Å². The lowest BCUT2D eigenvalue weighted by Gasteiger charge is -2.23. The van der Waals surface area contributed by atoms with Gasteiger partial charge in [0.2, 0.25) is 0 Å². The Bertz CT molecular complexity index is 397. The summed E-state index contributed by atoms with van der Waals surface area (Å²) < 4.78 is 5.85. The highest BCUT2D eigenvalue weighted by Crippen LogP contribution is 2.31. The first kappa shape index (κ1) is 12.8. The Balaban J connectivity index is 2.20. The largest absolute Gasteiger partial charge is 0.373 e. The third kappa shape index (κ3) is 2.80. The van der Waals surface area contributed by atoms with Gasteiger partial charge in [-0.1, -0.05) is 23.7 Å². The van der Waals surface area contributed by atoms with Crippen molar-refractivity contribution in [3.05, 3.63) is 34.3 Å². The number of nitrogens with one attached hydrogen (secondary N) is 1. The maximum Gasteiger partial charge on any atom is 0.0787 e. The van der Waals surface area contributed by atoms with Crippen molar-refractivity contribution < 1.29 is 4.74 Å². The molecule has 1 heterocycles. The van der Waals surface area contributed by atoms with Crippen LogP contribution in [0.15, 0.2) is 18.2 Å². The summed E-state index contributed by atoms with van der Waals surface area (Å²) in [5.41, 5.74) is 5.01. The van der Waals surface area contributed by atoms with Crippen LogP contribution in [-0.4, -0.2) is 12.2 Å². The van der Waals surface area contributed by atoms with E-state index < -0.39 is 0 Å². The van der Waals surface area contributed by atoms with Gasteiger partial charge < -0.3 is 4.74 Å². The molecule has 1 fully saturated rings. The van der Waals surface area contributed by atoms with Gasteiger partial charge in [-0.15, -0.1) is 0 Å². The van der Waals surface area contributed by atoms with Crippen molar-refractivity contribution in [1.82, 2.24) is 5.43 Å². The zero-order valence-corrected chi connectivity index (χ0v) is 11.0. The van der Waals surface area contributed by atoms with Crippen molar-refractivity contribution in [2.24, 2.45) is 5.84 Å². The van der Waals surface area contributed by atoms with Gasteiger partial charge in [0.25, 0.3) is 0 Å². The number of hydrogen-bond donors (Lipinski definition) is 2. The first-order chi connectivity index (χ1) is 8.11. The molecule has 94 valence electrons. The first-order valence-corrected chi connectivity index (χ1v) is 6.37. The number of rotatable bonds is 3. The number of aryl methyl sites for hydroxylation is 1. The van der Waals surface area contributed by atoms with Gasteiger partial charge in [-0.2, -0.15) is 0 Å². The molecule has 1 saturated heterocycles. The van der Waals surface area contributed by atoms with Gasteiger partial charge in [-0.05, 0) is 43.9 Å². The molecule has 1 aromatic rings. The number of halogens is 1. The number of nitrogens with two attached hydrogens (primary N) is 1. The van der Waals surface area contributed by atoms with E-state index in [1.807, 2.05) is 19.1 Å². The van der Waals surface area contributed by atoms with Gasteiger partial charge in [0.1, 0.15) is 0 Å². The van der Waals surface area contributed by atoms with E-state index in [9.17, 15) is 0 Å². The molecule has 0 spiro atoms. The fourth-order valence-electron chi connectivity index (χ4n) is 2.30. The molecular weight excluding hydrogens is 236 g/mol. The molecule has 4 heteroatoms. The Labute approximate surface area is 107 Å². The van der Waals surface area contributed by atoms with Crippen LogP contribution in [0.4, 0.5) is 0 Å². The molecule has 3 atom stereocenters. The summed E-state index contributed by atoms with van der Waals surface area (Å²) in [6.07, 6.45) is 2.56. The number of benzene rings is 1. The fraction of sp³-hybridized carbons (Fsp3) is 0.538. The fourth-order valence-corrected chi connectivity index (χ4v) is 2.49. The summed E-state index contributed by atoms with van der Waals surface area (Å²) in [5.74, 6) is 5.65. The Morgan fingerprint density at radius 2 is 2.24 bits per heavy atom. The molecule has 0 aliphatic carbocycles. The van der Waals surface area contributed by atoms with Gasteiger partial charge in [0, 0.05) is 5.02 Å². The van der Waals surface area contributed by atoms with E-state index in [-0.39, 0.29) is 12.1 Å². The van der Waals surface area contributed by atoms with Crippen LogP contribution in [0.3, 0.4) is 0 Å². The lowest BCUT2D eigenvalue weighted by molar-refractivity contribution is 0.0316. The van der Waals surface area contributed by atoms with E-state index in [2.05, 4.69) is 18.4 Å². The molecule has 0 amide bonds. The molecule has 2 rings (SSSR count). The number of hydrazine groups is 1. The predicted molar refractivity (Wildman–Crippen MR) is 69.8 cm³/mol. The molecule has 1 aromatic carbocycles. The monoisotopic (exact) mass is 254 g/mol. The molecule has 1 aliphatic rings. The summed E-state index contributed by atoms with van der Waals surface area (Å²) in [5, 5.41) is 0.772. The van der Waals surface area contributed by atoms with E-state index in [0.29, 0.717) is 6.10 Å². The predicted octanol–water partition coefficient (Wildman–Crippen LogP) is 2.72. The molecule has 0 aromatic heterocycles. The molecule has 1 aliphatic heterocycles. The van der Waals surface area contributed by atoms with Gasteiger partial charge in [-0.3, -0.25) is 11.3 Å². The number of ether oxygens (including phenoxy) is 1. The van der Waals surface area contributed by atoms with E-state index in [1.54, 1.807) is 0 Å². The maximum atomic E-state index is 6.14. The quantitative estimate of drug-likeness (QED) is 0.644. The number of hydrogen-bond acceptors (Lipinski definition) is 3. The van der Waals surface area contributed by atoms with E-state index in [0.717, 1.165) is 29.0 Å². The average Bonchev–Trinajstić information content (AvgIpc) is 2.71. The lowest BCUT2D eigenvalue weighted by Crippen LogP contribution is -2.36. The Morgan fingerprint density at radius 1 is 1.47 bits per heavy atom. The zero-order chi connectivity index (χ0) is 12.4. The van der Waals surface area contributed by atoms with Crippen molar-refractivity contribution in [2.75, 3.05) is 0 Å². The van der Waals surface area contributed by atoms with Crippen LogP contribution in [0.1, 0.15) is 36.9 Å². The molecule has 0 radical (unpaired) electrons. The normalized spacial score (nSPS) is 26.1. The van der Waals surface area contributed by atoms with Gasteiger partial charge >= 0.3 is 0 Å². The van der Waals surface area contributed by atoms with Crippen LogP contribution in [0, 0.1) is 6.92 Å². The molecule has 3 N–H and O–H groups in total. The van der Waals surface area contributed by atoms with E-state index >= 15 is 0 Å². The molecule has 0 saturated carbocycles. The summed E-state index contributed by atoms with van der Waals surface area (Å²) in [7, 11) is 0. The highest BCUT2D eigenvalue weighted by atomic mass is 35.5. The average molecular weight is 255 g/mol. The smallest absolute Gasteiger partial charge is 0.0787 e. The van der Waals surface area contributed by atoms with Crippen LogP contribution in [0.5, 0.6) is 0 Å². The van der Waals surface area contributed by atoms with Gasteiger partial charge in [0.15, 0.2) is 0 Å². The second-order valence-corrected chi connectivity index (χ2v) is 5.12. The first-order valence-electron chi connectivity index (χ1n) is 5.99. The lowest BCUT2D eigenvalue weighted by atomic mass is 9.99. The highest BCUT2D eigenvalue weighted by molar-refractivity contribution is 6.31. The van der Waals surface area contributed by atoms with Crippen LogP contribution in [0.25, 0.3) is 0 Å². The third-order valence-electron chi connectivity index (χ3n) is 3.37. The standard InChI is InChI=1S/C13H19ClN2O/c1-8-3-5-10(7-11(8)14)13(16-15)12-6-4-9(2)17-12/h3,5,7,9,12-13,16H,4,6,15H2,1-2H3. The SMILES string of the molecule is Cc1ccc(C(NN)C2CCC(C)O2)cc1Cl. The van der Waals surface area contributed by atoms with Crippen molar-refractivity contribution in [3.8, 4) is 0 Å². The minimum Gasteiger partial charge on any atom is -0.373 e. The molecule has 3 nitrogen and oxygen atoms in total. The molecule has 0 bridgehead atoms. The Kier molecular flexibility index (Phi) is 4.05. The summed E-state index contributed by atoms with van der Waals surface area (Å²) in [6, 6.07) is 6.05. The summed E-state index contributed by atoms with van der Waals surface area (Å²) >= 11 is 6.14. The van der Waals surface area contributed by atoms with Gasteiger partial charge in [-0.25, -0.2) is 0 Å². The Morgan fingerprint density at radius 3 is 2.76 bits per heavy atom. The summed E-state index contributed by atoms with van der Waals surface area (Å²) in [4.78, 5) is 0. The van der Waals surface area contributed by atoms with Crippen LogP contribution in [0.2, 0.25) is 5.02 Å². The van der Waals surface area contributed by atoms with Gasteiger partial charge in [0.05, 0.1) is 18.2 Å². The topological polar surface area (TPSA) is 47.3 Å². The highest BCUT2D eigenvalue weighted by Gasteiger charge is 2.30. The summed E-state index contributed by atoms with van der Waals surface area (Å²) in [6.45, 7) is 4.08. The maximum absolute atomic E-state index is 6.14. The molecular formula is C13H19ClN2O. The minimum atomic E-state index is 0.0121. The molecule has 3 unspecified atom stereocenters.